The van der Waals surface area contributed by atoms with E-state index >= 15 is 0 Å². The Labute approximate surface area is 157 Å². The number of nitrogens with one attached hydrogen (secondary N) is 1. The molecule has 1 aromatic carbocycles. The van der Waals surface area contributed by atoms with E-state index in [1.54, 1.807) is 4.90 Å². The number of piperazine rings is 1. The summed E-state index contributed by atoms with van der Waals surface area (Å²) < 4.78 is 37.6. The number of hydrogen-bond acceptors (Lipinski definition) is 4. The van der Waals surface area contributed by atoms with Gasteiger partial charge in [0.25, 0.3) is 0 Å². The number of aromatic nitrogens is 1. The molecule has 1 aromatic heterocycles. The van der Waals surface area contributed by atoms with E-state index in [1.165, 1.54) is 0 Å². The molecule has 0 aliphatic carbocycles. The SMILES string of the molecule is O=C(Nc1nc(C(F)(F)F)cs1)N1CCN(Cc2cccc(Cl)c2)CC1. The summed E-state index contributed by atoms with van der Waals surface area (Å²) in [5.41, 5.74) is 0.0991. The molecule has 2 heterocycles. The molecule has 2 amide bonds. The van der Waals surface area contributed by atoms with Gasteiger partial charge in [-0.3, -0.25) is 10.2 Å². The summed E-state index contributed by atoms with van der Waals surface area (Å²) in [6, 6.07) is 7.17. The number of anilines is 1. The molecule has 0 atom stereocenters. The van der Waals surface area contributed by atoms with Crippen LogP contribution in [0, 0.1) is 0 Å². The molecule has 1 fully saturated rings. The van der Waals surface area contributed by atoms with Crippen molar-refractivity contribution in [2.45, 2.75) is 12.7 Å². The number of halogens is 4. The van der Waals surface area contributed by atoms with E-state index in [0.717, 1.165) is 28.8 Å². The van der Waals surface area contributed by atoms with Crippen molar-refractivity contribution in [3.05, 3.63) is 45.9 Å². The molecule has 26 heavy (non-hydrogen) atoms. The van der Waals surface area contributed by atoms with Gasteiger partial charge >= 0.3 is 12.2 Å². The molecule has 1 saturated heterocycles. The Kier molecular flexibility index (Phi) is 5.69. The number of benzene rings is 1. The number of rotatable bonds is 3. The van der Waals surface area contributed by atoms with Crippen LogP contribution in [0.15, 0.2) is 29.6 Å². The van der Waals surface area contributed by atoms with E-state index in [0.29, 0.717) is 31.2 Å². The van der Waals surface area contributed by atoms with Gasteiger partial charge in [0.2, 0.25) is 0 Å². The lowest BCUT2D eigenvalue weighted by Crippen LogP contribution is -2.49. The van der Waals surface area contributed by atoms with Gasteiger partial charge in [0.1, 0.15) is 0 Å². The normalized spacial score (nSPS) is 15.9. The first-order valence-corrected chi connectivity index (χ1v) is 9.12. The maximum absolute atomic E-state index is 12.5. The van der Waals surface area contributed by atoms with E-state index < -0.39 is 17.9 Å². The predicted molar refractivity (Wildman–Crippen MR) is 94.4 cm³/mol. The van der Waals surface area contributed by atoms with E-state index in [2.05, 4.69) is 15.2 Å². The zero-order valence-electron chi connectivity index (χ0n) is 13.6. The lowest BCUT2D eigenvalue weighted by atomic mass is 10.2. The van der Waals surface area contributed by atoms with Crippen LogP contribution in [0.3, 0.4) is 0 Å². The van der Waals surface area contributed by atoms with Gasteiger partial charge in [-0.25, -0.2) is 9.78 Å². The Balaban J connectivity index is 1.50. The van der Waals surface area contributed by atoms with Crippen molar-refractivity contribution in [1.82, 2.24) is 14.8 Å². The third kappa shape index (κ3) is 4.87. The molecule has 1 aliphatic rings. The molecule has 10 heteroatoms. The van der Waals surface area contributed by atoms with Crippen molar-refractivity contribution >= 4 is 34.1 Å². The highest BCUT2D eigenvalue weighted by Gasteiger charge is 2.34. The summed E-state index contributed by atoms with van der Waals surface area (Å²) in [6.07, 6.45) is -4.51. The van der Waals surface area contributed by atoms with Crippen LogP contribution in [0.1, 0.15) is 11.3 Å². The third-order valence-electron chi connectivity index (χ3n) is 3.96. The number of urea groups is 1. The second-order valence-corrected chi connectivity index (χ2v) is 7.15. The monoisotopic (exact) mass is 404 g/mol. The highest BCUT2D eigenvalue weighted by atomic mass is 35.5. The Bertz CT molecular complexity index is 775. The zero-order valence-corrected chi connectivity index (χ0v) is 15.2. The van der Waals surface area contributed by atoms with E-state index in [9.17, 15) is 18.0 Å². The number of carbonyl (C=O) groups is 1. The van der Waals surface area contributed by atoms with Crippen LogP contribution in [-0.2, 0) is 12.7 Å². The fourth-order valence-corrected chi connectivity index (χ4v) is 3.55. The lowest BCUT2D eigenvalue weighted by Gasteiger charge is -2.34. The minimum atomic E-state index is -4.51. The molecule has 140 valence electrons. The van der Waals surface area contributed by atoms with E-state index in [4.69, 9.17) is 11.6 Å². The smallest absolute Gasteiger partial charge is 0.322 e. The van der Waals surface area contributed by atoms with Crippen molar-refractivity contribution in [3.63, 3.8) is 0 Å². The molecular weight excluding hydrogens is 389 g/mol. The summed E-state index contributed by atoms with van der Waals surface area (Å²) in [5.74, 6) is 0. The lowest BCUT2D eigenvalue weighted by molar-refractivity contribution is -0.140. The standard InChI is InChI=1S/C16H16ClF3N4OS/c17-12-3-1-2-11(8-12)9-23-4-6-24(7-5-23)15(25)22-14-21-13(10-26-14)16(18,19)20/h1-3,8,10H,4-7,9H2,(H,21,22,25). The van der Waals surface area contributed by atoms with Gasteiger partial charge in [-0.15, -0.1) is 11.3 Å². The minimum Gasteiger partial charge on any atom is -0.322 e. The second kappa shape index (κ2) is 7.81. The van der Waals surface area contributed by atoms with Crippen LogP contribution in [0.2, 0.25) is 5.02 Å². The third-order valence-corrected chi connectivity index (χ3v) is 4.96. The molecule has 5 nitrogen and oxygen atoms in total. The number of thiazole rings is 1. The van der Waals surface area contributed by atoms with Crippen LogP contribution >= 0.6 is 22.9 Å². The molecule has 1 aliphatic heterocycles. The molecule has 0 spiro atoms. The molecule has 0 bridgehead atoms. The summed E-state index contributed by atoms with van der Waals surface area (Å²) in [6.45, 7) is 3.06. The van der Waals surface area contributed by atoms with Gasteiger partial charge in [0, 0.05) is 43.1 Å². The summed E-state index contributed by atoms with van der Waals surface area (Å²) in [4.78, 5) is 19.4. The Morgan fingerprint density at radius 2 is 2.00 bits per heavy atom. The molecule has 0 unspecified atom stereocenters. The van der Waals surface area contributed by atoms with Crippen LogP contribution < -0.4 is 5.32 Å². The van der Waals surface area contributed by atoms with E-state index in [-0.39, 0.29) is 5.13 Å². The van der Waals surface area contributed by atoms with Gasteiger partial charge in [-0.05, 0) is 17.7 Å². The number of alkyl halides is 3. The maximum Gasteiger partial charge on any atom is 0.434 e. The van der Waals surface area contributed by atoms with Crippen LogP contribution in [-0.4, -0.2) is 47.0 Å². The average Bonchev–Trinajstić information content (AvgIpc) is 3.04. The van der Waals surface area contributed by atoms with Crippen molar-refractivity contribution in [2.24, 2.45) is 0 Å². The highest BCUT2D eigenvalue weighted by Crippen LogP contribution is 2.31. The first kappa shape index (κ1) is 18.9. The highest BCUT2D eigenvalue weighted by molar-refractivity contribution is 7.13. The average molecular weight is 405 g/mol. The zero-order chi connectivity index (χ0) is 18.7. The van der Waals surface area contributed by atoms with E-state index in [1.807, 2.05) is 24.3 Å². The first-order valence-electron chi connectivity index (χ1n) is 7.87. The number of hydrogen-bond donors (Lipinski definition) is 1. The van der Waals surface area contributed by atoms with Crippen molar-refractivity contribution < 1.29 is 18.0 Å². The molecule has 2 aromatic rings. The van der Waals surface area contributed by atoms with Crippen molar-refractivity contribution in [2.75, 3.05) is 31.5 Å². The van der Waals surface area contributed by atoms with Gasteiger partial charge in [0.15, 0.2) is 10.8 Å². The Morgan fingerprint density at radius 3 is 2.62 bits per heavy atom. The fourth-order valence-electron chi connectivity index (χ4n) is 2.63. The largest absolute Gasteiger partial charge is 0.434 e. The molecule has 0 saturated carbocycles. The summed E-state index contributed by atoms with van der Waals surface area (Å²) >= 11 is 6.74. The van der Waals surface area contributed by atoms with Gasteiger partial charge in [-0.1, -0.05) is 23.7 Å². The topological polar surface area (TPSA) is 48.5 Å². The Hall–Kier alpha value is -1.84. The summed E-state index contributed by atoms with van der Waals surface area (Å²) in [5, 5.41) is 3.95. The van der Waals surface area contributed by atoms with Crippen molar-refractivity contribution in [1.29, 1.82) is 0 Å². The molecule has 3 rings (SSSR count). The number of amides is 2. The molecular formula is C16H16ClF3N4OS. The second-order valence-electron chi connectivity index (χ2n) is 5.86. The van der Waals surface area contributed by atoms with Crippen LogP contribution in [0.4, 0.5) is 23.1 Å². The molecule has 1 N–H and O–H groups in total. The van der Waals surface area contributed by atoms with Gasteiger partial charge < -0.3 is 4.90 Å². The van der Waals surface area contributed by atoms with Crippen molar-refractivity contribution in [3.8, 4) is 0 Å². The number of nitrogens with zero attached hydrogens (tertiary/aromatic N) is 3. The Morgan fingerprint density at radius 1 is 1.27 bits per heavy atom. The summed E-state index contributed by atoms with van der Waals surface area (Å²) in [7, 11) is 0. The molecule has 0 radical (unpaired) electrons. The van der Waals surface area contributed by atoms with Crippen LogP contribution in [0.5, 0.6) is 0 Å². The predicted octanol–water partition coefficient (Wildman–Crippen LogP) is 4.17. The number of carbonyl (C=O) groups excluding carboxylic acids is 1. The van der Waals surface area contributed by atoms with Crippen LogP contribution in [0.25, 0.3) is 0 Å². The first-order chi connectivity index (χ1) is 12.3. The maximum atomic E-state index is 12.5. The van der Waals surface area contributed by atoms with Gasteiger partial charge in [-0.2, -0.15) is 13.2 Å². The van der Waals surface area contributed by atoms with Gasteiger partial charge in [0.05, 0.1) is 0 Å². The minimum absolute atomic E-state index is 0.0521. The fraction of sp³-hybridized carbons (Fsp3) is 0.375. The quantitative estimate of drug-likeness (QED) is 0.835.